The Morgan fingerprint density at radius 2 is 1.75 bits per heavy atom. The van der Waals surface area contributed by atoms with Crippen LogP contribution in [0.1, 0.15) is 46.5 Å². The first kappa shape index (κ1) is 16.1. The summed E-state index contributed by atoms with van der Waals surface area (Å²) in [6, 6.07) is -1.28. The quantitative estimate of drug-likeness (QED) is 0.780. The summed E-state index contributed by atoms with van der Waals surface area (Å²) in [5.41, 5.74) is 0.131. The van der Waals surface area contributed by atoms with Crippen LogP contribution in [-0.2, 0) is 4.74 Å². The highest BCUT2D eigenvalue weighted by Gasteiger charge is 2.54. The summed E-state index contributed by atoms with van der Waals surface area (Å²) in [5.74, 6) is -0.382. The molecule has 0 bridgehead atoms. The lowest BCUT2D eigenvalue weighted by Crippen LogP contribution is -2.65. The van der Waals surface area contributed by atoms with Gasteiger partial charge >= 0.3 is 6.18 Å². The molecule has 1 spiro atoms. The van der Waals surface area contributed by atoms with E-state index in [-0.39, 0.29) is 11.3 Å². The van der Waals surface area contributed by atoms with Gasteiger partial charge in [-0.25, -0.2) is 0 Å². The summed E-state index contributed by atoms with van der Waals surface area (Å²) in [4.78, 5) is 1.63. The van der Waals surface area contributed by atoms with Crippen LogP contribution in [0.15, 0.2) is 0 Å². The molecule has 0 aromatic heterocycles. The molecule has 2 aliphatic rings. The van der Waals surface area contributed by atoms with Crippen molar-refractivity contribution in [3.8, 4) is 0 Å². The number of alkyl halides is 3. The van der Waals surface area contributed by atoms with Crippen LogP contribution in [0.25, 0.3) is 0 Å². The molecule has 0 aromatic carbocycles. The maximum absolute atomic E-state index is 13.1. The Labute approximate surface area is 119 Å². The van der Waals surface area contributed by atoms with Crippen LogP contribution in [0.4, 0.5) is 13.2 Å². The van der Waals surface area contributed by atoms with Gasteiger partial charge in [-0.3, -0.25) is 4.90 Å². The normalized spacial score (nSPS) is 25.9. The number of hydrogen-bond donors (Lipinski definition) is 0. The molecule has 1 saturated carbocycles. The van der Waals surface area contributed by atoms with Gasteiger partial charge in [-0.05, 0) is 43.9 Å². The average molecular weight is 293 g/mol. The van der Waals surface area contributed by atoms with E-state index < -0.39 is 12.2 Å². The molecular formula is C15H26F3NO. The van der Waals surface area contributed by atoms with E-state index >= 15 is 0 Å². The van der Waals surface area contributed by atoms with E-state index in [0.29, 0.717) is 19.2 Å². The first-order valence-electron chi connectivity index (χ1n) is 7.70. The highest BCUT2D eigenvalue weighted by atomic mass is 19.4. The van der Waals surface area contributed by atoms with Gasteiger partial charge in [-0.15, -0.1) is 0 Å². The third-order valence-electron chi connectivity index (χ3n) is 4.83. The van der Waals surface area contributed by atoms with Gasteiger partial charge in [0.2, 0.25) is 0 Å². The molecule has 1 aliphatic carbocycles. The smallest absolute Gasteiger partial charge is 0.379 e. The fraction of sp³-hybridized carbons (Fsp3) is 1.00. The highest BCUT2D eigenvalue weighted by molar-refractivity contribution is 5.02. The van der Waals surface area contributed by atoms with Crippen LogP contribution < -0.4 is 0 Å². The lowest BCUT2D eigenvalue weighted by atomic mass is 9.67. The Hall–Kier alpha value is -0.290. The van der Waals surface area contributed by atoms with Gasteiger partial charge in [0.1, 0.15) is 6.04 Å². The van der Waals surface area contributed by atoms with E-state index in [9.17, 15) is 13.2 Å². The number of likely N-dealkylation sites (tertiary alicyclic amines) is 1. The fourth-order valence-electron chi connectivity index (χ4n) is 3.94. The Balaban J connectivity index is 1.87. The summed E-state index contributed by atoms with van der Waals surface area (Å²) in [5, 5.41) is 0. The molecule has 2 fully saturated rings. The minimum Gasteiger partial charge on any atom is -0.379 e. The van der Waals surface area contributed by atoms with Crippen LogP contribution in [0.5, 0.6) is 0 Å². The Kier molecular flexibility index (Phi) is 4.69. The zero-order chi connectivity index (χ0) is 15.0. The van der Waals surface area contributed by atoms with Crippen molar-refractivity contribution in [3.05, 3.63) is 0 Å². The molecule has 1 unspecified atom stereocenters. The second kappa shape index (κ2) is 5.84. The summed E-state index contributed by atoms with van der Waals surface area (Å²) < 4.78 is 44.9. The Morgan fingerprint density at radius 3 is 2.15 bits per heavy atom. The molecule has 118 valence electrons. The standard InChI is InChI=1S/C15H26F3NO/c1-4-20-12-5-7-14(8-6-12)9-19(10-14)13(11(2)3)15(16,17)18/h11-13H,4-10H2,1-3H3. The summed E-state index contributed by atoms with van der Waals surface area (Å²) >= 11 is 0. The van der Waals surface area contributed by atoms with Gasteiger partial charge in [0.25, 0.3) is 0 Å². The Bertz CT molecular complexity index is 314. The molecule has 20 heavy (non-hydrogen) atoms. The second-order valence-corrected chi connectivity index (χ2v) is 6.79. The van der Waals surface area contributed by atoms with Crippen molar-refractivity contribution in [1.82, 2.24) is 4.90 Å². The van der Waals surface area contributed by atoms with E-state index in [1.165, 1.54) is 0 Å². The molecule has 2 rings (SSSR count). The zero-order valence-corrected chi connectivity index (χ0v) is 12.7. The highest BCUT2D eigenvalue weighted by Crippen LogP contribution is 2.47. The fourth-order valence-corrected chi connectivity index (χ4v) is 3.94. The molecule has 1 heterocycles. The van der Waals surface area contributed by atoms with Gasteiger partial charge < -0.3 is 4.74 Å². The first-order valence-corrected chi connectivity index (χ1v) is 7.70. The van der Waals surface area contributed by atoms with Gasteiger partial charge in [0, 0.05) is 19.7 Å². The number of nitrogens with zero attached hydrogens (tertiary/aromatic N) is 1. The van der Waals surface area contributed by atoms with Crippen molar-refractivity contribution < 1.29 is 17.9 Å². The van der Waals surface area contributed by atoms with E-state index in [4.69, 9.17) is 4.74 Å². The second-order valence-electron chi connectivity index (χ2n) is 6.79. The maximum Gasteiger partial charge on any atom is 0.404 e. The largest absolute Gasteiger partial charge is 0.404 e. The predicted octanol–water partition coefficient (Wildman–Crippen LogP) is 3.85. The molecule has 0 amide bonds. The molecule has 5 heteroatoms. The van der Waals surface area contributed by atoms with Crippen LogP contribution in [0.2, 0.25) is 0 Å². The third kappa shape index (κ3) is 3.30. The van der Waals surface area contributed by atoms with Crippen molar-refractivity contribution in [3.63, 3.8) is 0 Å². The number of rotatable bonds is 4. The van der Waals surface area contributed by atoms with E-state index in [2.05, 4.69) is 0 Å². The SMILES string of the molecule is CCOC1CCC2(CC1)CN(C(C(C)C)C(F)(F)F)C2. The van der Waals surface area contributed by atoms with Crippen molar-refractivity contribution >= 4 is 0 Å². The van der Waals surface area contributed by atoms with Crippen LogP contribution in [0, 0.1) is 11.3 Å². The summed E-state index contributed by atoms with van der Waals surface area (Å²) in [6.07, 6.45) is 0.231. The minimum absolute atomic E-state index is 0.131. The maximum atomic E-state index is 13.1. The average Bonchev–Trinajstić information content (AvgIpc) is 2.27. The molecule has 0 N–H and O–H groups in total. The van der Waals surface area contributed by atoms with Gasteiger partial charge in [0.15, 0.2) is 0 Å². The zero-order valence-electron chi connectivity index (χ0n) is 12.7. The lowest BCUT2D eigenvalue weighted by Gasteiger charge is -2.56. The minimum atomic E-state index is -4.11. The Morgan fingerprint density at radius 1 is 1.20 bits per heavy atom. The monoisotopic (exact) mass is 293 g/mol. The van der Waals surface area contributed by atoms with Gasteiger partial charge in [-0.1, -0.05) is 13.8 Å². The van der Waals surface area contributed by atoms with Crippen LogP contribution >= 0.6 is 0 Å². The van der Waals surface area contributed by atoms with Gasteiger partial charge in [-0.2, -0.15) is 13.2 Å². The lowest BCUT2D eigenvalue weighted by molar-refractivity contribution is -0.226. The van der Waals surface area contributed by atoms with Crippen LogP contribution in [0.3, 0.4) is 0 Å². The van der Waals surface area contributed by atoms with Crippen molar-refractivity contribution in [2.75, 3.05) is 19.7 Å². The van der Waals surface area contributed by atoms with Crippen molar-refractivity contribution in [2.24, 2.45) is 11.3 Å². The van der Waals surface area contributed by atoms with Crippen molar-refractivity contribution in [1.29, 1.82) is 0 Å². The van der Waals surface area contributed by atoms with E-state index in [1.807, 2.05) is 6.92 Å². The van der Waals surface area contributed by atoms with Gasteiger partial charge in [0.05, 0.1) is 6.10 Å². The van der Waals surface area contributed by atoms with E-state index in [1.54, 1.807) is 18.7 Å². The molecule has 1 atom stereocenters. The predicted molar refractivity (Wildman–Crippen MR) is 72.6 cm³/mol. The topological polar surface area (TPSA) is 12.5 Å². The van der Waals surface area contributed by atoms with Crippen molar-refractivity contribution in [2.45, 2.75) is 64.8 Å². The van der Waals surface area contributed by atoms with Crippen LogP contribution in [-0.4, -0.2) is 42.9 Å². The summed E-state index contributed by atoms with van der Waals surface area (Å²) in [7, 11) is 0. The third-order valence-corrected chi connectivity index (χ3v) is 4.83. The number of ether oxygens (including phenoxy) is 1. The molecule has 1 aliphatic heterocycles. The molecule has 1 saturated heterocycles. The number of hydrogen-bond acceptors (Lipinski definition) is 2. The molecule has 2 nitrogen and oxygen atoms in total. The number of halogens is 3. The molecule has 0 aromatic rings. The first-order chi connectivity index (χ1) is 9.27. The molecule has 0 radical (unpaired) electrons. The van der Waals surface area contributed by atoms with E-state index in [0.717, 1.165) is 32.3 Å². The summed E-state index contributed by atoms with van der Waals surface area (Å²) in [6.45, 7) is 7.26. The molecular weight excluding hydrogens is 267 g/mol.